The molecule has 44 heavy (non-hydrogen) atoms. The van der Waals surface area contributed by atoms with Crippen LogP contribution in [0.25, 0.3) is 11.6 Å². The number of fused-ring (bicyclic) bond motifs is 1. The predicted molar refractivity (Wildman–Crippen MR) is 151 cm³/mol. The molecule has 2 heterocycles. The Labute approximate surface area is 250 Å². The highest BCUT2D eigenvalue weighted by atomic mass is 35.5. The third-order valence-corrected chi connectivity index (χ3v) is 7.62. The summed E-state index contributed by atoms with van der Waals surface area (Å²) < 4.78 is 59.5. The van der Waals surface area contributed by atoms with Crippen LogP contribution in [-0.4, -0.2) is 65.6 Å². The number of hydrogen-bond acceptors (Lipinski definition) is 8. The second-order valence-electron chi connectivity index (χ2n) is 9.32. The zero-order chi connectivity index (χ0) is 32.6. The average molecular weight is 679 g/mol. The molecule has 1 unspecified atom stereocenters. The molecule has 15 nitrogen and oxygen atoms in total. The summed E-state index contributed by atoms with van der Waals surface area (Å²) in [5, 5.41) is 13.7. The number of carbonyl (C=O) groups is 1. The first-order chi connectivity index (χ1) is 20.4. The van der Waals surface area contributed by atoms with E-state index in [0.717, 1.165) is 6.07 Å². The fourth-order valence-electron chi connectivity index (χ4n) is 4.23. The molecule has 1 aliphatic rings. The highest BCUT2D eigenvalue weighted by Crippen LogP contribution is 2.40. The number of benzene rings is 2. The molecule has 0 aliphatic carbocycles. The molecule has 236 valence electrons. The number of rotatable bonds is 11. The lowest BCUT2D eigenvalue weighted by atomic mass is 10.0. The lowest BCUT2D eigenvalue weighted by Gasteiger charge is -2.24. The summed E-state index contributed by atoms with van der Waals surface area (Å²) in [4.78, 5) is 69.4. The van der Waals surface area contributed by atoms with Gasteiger partial charge in [-0.2, -0.15) is 0 Å². The first-order valence-electron chi connectivity index (χ1n) is 12.2. The van der Waals surface area contributed by atoms with E-state index >= 15 is 0 Å². The Balaban J connectivity index is 1.76. The van der Waals surface area contributed by atoms with Gasteiger partial charge in [-0.3, -0.25) is 18.8 Å². The summed E-state index contributed by atoms with van der Waals surface area (Å²) in [5.74, 6) is -4.85. The molecule has 1 aromatic heterocycles. The van der Waals surface area contributed by atoms with Crippen molar-refractivity contribution < 1.29 is 56.4 Å². The van der Waals surface area contributed by atoms with Crippen molar-refractivity contribution in [2.75, 3.05) is 13.2 Å². The van der Waals surface area contributed by atoms with Crippen molar-refractivity contribution in [3.05, 3.63) is 79.9 Å². The Kier molecular flexibility index (Phi) is 9.75. The maximum atomic E-state index is 14.3. The number of amides is 1. The Morgan fingerprint density at radius 2 is 1.75 bits per heavy atom. The minimum Gasteiger partial charge on any atom is -0.493 e. The number of aromatic hydroxyl groups is 1. The molecule has 20 heteroatoms. The molecule has 3 aromatic rings. The Morgan fingerprint density at radius 3 is 2.34 bits per heavy atom. The van der Waals surface area contributed by atoms with Gasteiger partial charge < -0.3 is 35.0 Å². The summed E-state index contributed by atoms with van der Waals surface area (Å²) in [6.45, 7) is -0.354. The van der Waals surface area contributed by atoms with Gasteiger partial charge >= 0.3 is 21.3 Å². The molecule has 0 bridgehead atoms. The molecule has 0 spiro atoms. The molecule has 1 aliphatic heterocycles. The minimum absolute atomic E-state index is 0.219. The number of imidazole rings is 1. The van der Waals surface area contributed by atoms with Gasteiger partial charge in [0.05, 0.1) is 24.9 Å². The molecular formula is C24H23ClF2N4O11P2. The maximum absolute atomic E-state index is 14.3. The van der Waals surface area contributed by atoms with E-state index in [1.165, 1.54) is 12.3 Å². The van der Waals surface area contributed by atoms with Gasteiger partial charge in [0.2, 0.25) is 11.8 Å². The zero-order valence-corrected chi connectivity index (χ0v) is 24.8. The van der Waals surface area contributed by atoms with Gasteiger partial charge in [0.25, 0.3) is 0 Å². The molecule has 0 saturated heterocycles. The average Bonchev–Trinajstić information content (AvgIpc) is 3.45. The van der Waals surface area contributed by atoms with Crippen LogP contribution in [0.4, 0.5) is 14.5 Å². The van der Waals surface area contributed by atoms with Crippen molar-refractivity contribution >= 4 is 56.7 Å². The SMILES string of the molecule is Cc1c(Cl)ccc2c1N=C/C2=C\c1[nH]c(=O)n(C(C(=O)NC(COP(=O)(O)O)COP(=O)(O)O)c2ccc(F)c(F)c2)c1O. The largest absolute Gasteiger partial charge is 0.493 e. The third-order valence-electron chi connectivity index (χ3n) is 6.24. The monoisotopic (exact) mass is 678 g/mol. The number of hydrogen-bond donors (Lipinski definition) is 7. The molecule has 4 rings (SSSR count). The number of aromatic nitrogens is 2. The zero-order valence-electron chi connectivity index (χ0n) is 22.2. The Bertz CT molecular complexity index is 1810. The van der Waals surface area contributed by atoms with E-state index in [-0.39, 0.29) is 11.3 Å². The van der Waals surface area contributed by atoms with Crippen LogP contribution in [0, 0.1) is 18.6 Å². The van der Waals surface area contributed by atoms with E-state index in [9.17, 15) is 32.6 Å². The minimum atomic E-state index is -5.15. The first kappa shape index (κ1) is 33.4. The van der Waals surface area contributed by atoms with E-state index in [0.29, 0.717) is 44.1 Å². The quantitative estimate of drug-likeness (QED) is 0.146. The van der Waals surface area contributed by atoms with Gasteiger partial charge in [0, 0.05) is 22.4 Å². The molecule has 1 amide bonds. The van der Waals surface area contributed by atoms with Crippen molar-refractivity contribution in [1.82, 2.24) is 14.9 Å². The molecule has 0 saturated carbocycles. The smallest absolute Gasteiger partial charge is 0.469 e. The van der Waals surface area contributed by atoms with E-state index in [4.69, 9.17) is 31.2 Å². The summed E-state index contributed by atoms with van der Waals surface area (Å²) in [7, 11) is -10.3. The number of allylic oxidation sites excluding steroid dienone is 1. The van der Waals surface area contributed by atoms with Gasteiger partial charge in [0.1, 0.15) is 11.7 Å². The second-order valence-corrected chi connectivity index (χ2v) is 12.2. The number of aromatic amines is 1. The van der Waals surface area contributed by atoms with Gasteiger partial charge in [-0.15, -0.1) is 0 Å². The standard InChI is InChI=1S/C24H23ClF2N4O11P2/c1-11-16(25)4-3-15-13(8-28-20(11)15)7-19-23(33)31(24(34)30-19)21(12-2-5-17(26)18(27)6-12)22(32)29-14(9-41-43(35,36)37)10-42-44(38,39)40/h2-8,14,21,33H,9-10H2,1H3,(H,29,32)(H,30,34)(H2,35,36,37)(H2,38,39,40)/b13-7+. The van der Waals surface area contributed by atoms with Gasteiger partial charge in [0.15, 0.2) is 11.6 Å². The summed E-state index contributed by atoms with van der Waals surface area (Å²) in [6.07, 6.45) is 2.77. The van der Waals surface area contributed by atoms with Crippen LogP contribution >= 0.6 is 27.2 Å². The van der Waals surface area contributed by atoms with Crippen molar-refractivity contribution in [3.8, 4) is 5.88 Å². The van der Waals surface area contributed by atoms with Crippen LogP contribution in [-0.2, 0) is 23.0 Å². The number of phosphoric ester groups is 2. The lowest BCUT2D eigenvalue weighted by molar-refractivity contribution is -0.124. The van der Waals surface area contributed by atoms with E-state index < -0.39 is 70.1 Å². The topological polar surface area (TPSA) is 233 Å². The highest BCUT2D eigenvalue weighted by Gasteiger charge is 2.32. The molecule has 0 fully saturated rings. The lowest BCUT2D eigenvalue weighted by Crippen LogP contribution is -2.46. The predicted octanol–water partition coefficient (Wildman–Crippen LogP) is 2.67. The van der Waals surface area contributed by atoms with Crippen molar-refractivity contribution in [3.63, 3.8) is 0 Å². The number of halogens is 3. The van der Waals surface area contributed by atoms with Crippen LogP contribution < -0.4 is 11.0 Å². The Hall–Kier alpha value is -3.50. The molecule has 7 N–H and O–H groups in total. The second kappa shape index (κ2) is 12.9. The summed E-state index contributed by atoms with van der Waals surface area (Å²) in [6, 6.07) is 1.78. The van der Waals surface area contributed by atoms with E-state index in [1.807, 2.05) is 0 Å². The van der Waals surface area contributed by atoms with Gasteiger partial charge in [-0.05, 0) is 42.3 Å². The molecular weight excluding hydrogens is 656 g/mol. The highest BCUT2D eigenvalue weighted by molar-refractivity contribution is 7.46. The molecule has 0 radical (unpaired) electrons. The van der Waals surface area contributed by atoms with Crippen LogP contribution in [0.15, 0.2) is 40.1 Å². The number of H-pyrrole nitrogens is 1. The molecule has 1 atom stereocenters. The van der Waals surface area contributed by atoms with Crippen molar-refractivity contribution in [2.24, 2.45) is 4.99 Å². The van der Waals surface area contributed by atoms with Crippen LogP contribution in [0.5, 0.6) is 5.88 Å². The first-order valence-corrected chi connectivity index (χ1v) is 15.6. The fraction of sp³-hybridized carbons (Fsp3) is 0.208. The normalized spacial score (nSPS) is 14.8. The van der Waals surface area contributed by atoms with Crippen LogP contribution in [0.3, 0.4) is 0 Å². The van der Waals surface area contributed by atoms with E-state index in [1.54, 1.807) is 19.1 Å². The number of aliphatic imine (C=N–C) groups is 1. The van der Waals surface area contributed by atoms with Crippen molar-refractivity contribution in [1.29, 1.82) is 0 Å². The number of carbonyl (C=O) groups excluding carboxylic acids is 1. The fourth-order valence-corrected chi connectivity index (χ4v) is 5.13. The number of nitrogens with zero attached hydrogens (tertiary/aromatic N) is 2. The van der Waals surface area contributed by atoms with Gasteiger partial charge in [-0.1, -0.05) is 23.7 Å². The Morgan fingerprint density at radius 1 is 1.11 bits per heavy atom. The third kappa shape index (κ3) is 7.77. The number of phosphoric acid groups is 2. The molecule has 2 aromatic carbocycles. The van der Waals surface area contributed by atoms with Crippen LogP contribution in [0.1, 0.15) is 28.4 Å². The number of nitrogens with one attached hydrogen (secondary N) is 2. The maximum Gasteiger partial charge on any atom is 0.469 e. The van der Waals surface area contributed by atoms with Gasteiger partial charge in [-0.25, -0.2) is 27.3 Å². The van der Waals surface area contributed by atoms with Crippen molar-refractivity contribution in [2.45, 2.75) is 19.0 Å². The van der Waals surface area contributed by atoms with Crippen LogP contribution in [0.2, 0.25) is 5.02 Å². The summed E-state index contributed by atoms with van der Waals surface area (Å²) >= 11 is 6.15. The van der Waals surface area contributed by atoms with E-state index in [2.05, 4.69) is 24.3 Å². The summed E-state index contributed by atoms with van der Waals surface area (Å²) in [5.41, 5.74) is 0.564.